The average Bonchev–Trinajstić information content (AvgIpc) is 1.67. The van der Waals surface area contributed by atoms with Gasteiger partial charge < -0.3 is 42.2 Å². The summed E-state index contributed by atoms with van der Waals surface area (Å²) < 4.78 is 36.4. The lowest BCUT2D eigenvalue weighted by molar-refractivity contribution is 0.0992. The van der Waals surface area contributed by atoms with E-state index in [1.54, 1.807) is 105 Å². The molecule has 0 spiro atoms. The molecule has 29 heteroatoms. The van der Waals surface area contributed by atoms with Crippen molar-refractivity contribution in [2.45, 2.75) is 60.0 Å². The van der Waals surface area contributed by atoms with E-state index in [4.69, 9.17) is 20.9 Å². The number of nitrogens with two attached hydrogens (primary N) is 2. The summed E-state index contributed by atoms with van der Waals surface area (Å²) in [6, 6.07) is 59.5. The van der Waals surface area contributed by atoms with Crippen LogP contribution in [0.2, 0.25) is 0 Å². The summed E-state index contributed by atoms with van der Waals surface area (Å²) >= 11 is 0. The van der Waals surface area contributed by atoms with Crippen LogP contribution >= 0.6 is 0 Å². The lowest BCUT2D eigenvalue weighted by atomic mass is 10.0. The van der Waals surface area contributed by atoms with Crippen LogP contribution in [0.5, 0.6) is 11.6 Å². The molecular formula is C84H79F2N21O6. The summed E-state index contributed by atoms with van der Waals surface area (Å²) in [5, 5.41) is 58.9. The second kappa shape index (κ2) is 35.1. The zero-order valence-electron chi connectivity index (χ0n) is 62.3. The fourth-order valence-corrected chi connectivity index (χ4v) is 12.2. The fourth-order valence-electron chi connectivity index (χ4n) is 12.2. The van der Waals surface area contributed by atoms with E-state index in [0.29, 0.717) is 69.8 Å². The molecule has 113 heavy (non-hydrogen) atoms. The Hall–Kier alpha value is -14.8. The maximum atomic E-state index is 13.2. The zero-order valence-corrected chi connectivity index (χ0v) is 62.3. The van der Waals surface area contributed by atoms with Crippen LogP contribution in [-0.4, -0.2) is 114 Å². The molecule has 0 aliphatic carbocycles. The predicted molar refractivity (Wildman–Crippen MR) is 431 cm³/mol. The van der Waals surface area contributed by atoms with Crippen LogP contribution in [0.3, 0.4) is 0 Å². The SMILES string of the molecule is CC(C)CCc1nc(-c2ccc3[nH]nc(-c4ccc(F)cc4)c3c2)n[nH]1.COc1ccc(-c2n[nH]c3ccc(-c4n[nH]c(CC(C)C)n4)cc23)cn1.COc1ccc(CNC(=O)Nc2cccc(-c3n[nH]c4ccc(C(N)=O)cc34)c2)cc1.NC(=O)c1ccc2[nH]nc(-c3cccc(NC(=O)NCc4ccc(F)cc4)c3)c2c1. The molecule has 0 unspecified atom stereocenters. The first-order valence-electron chi connectivity index (χ1n) is 36.1. The fraction of sp³-hybridized carbons (Fsp3) is 0.155. The lowest BCUT2D eigenvalue weighted by Gasteiger charge is -2.09. The highest BCUT2D eigenvalue weighted by Gasteiger charge is 2.19. The number of carbonyl (C=O) groups is 4. The number of aryl methyl sites for hydroxylation is 1. The molecule has 0 radical (unpaired) electrons. The summed E-state index contributed by atoms with van der Waals surface area (Å²) in [5.41, 5.74) is 26.1. The van der Waals surface area contributed by atoms with Gasteiger partial charge in [-0.1, -0.05) is 76.2 Å². The number of amides is 6. The van der Waals surface area contributed by atoms with Gasteiger partial charge in [0, 0.05) is 116 Å². The average molecular weight is 1520 g/mol. The molecule has 0 atom stereocenters. The Morgan fingerprint density at radius 2 is 0.850 bits per heavy atom. The smallest absolute Gasteiger partial charge is 0.319 e. The van der Waals surface area contributed by atoms with Crippen molar-refractivity contribution in [1.82, 2.24) is 86.8 Å². The van der Waals surface area contributed by atoms with Gasteiger partial charge in [0.25, 0.3) is 0 Å². The summed E-state index contributed by atoms with van der Waals surface area (Å²) in [5.74, 6) is 4.08. The highest BCUT2D eigenvalue weighted by molar-refractivity contribution is 6.03. The first-order valence-corrected chi connectivity index (χ1v) is 36.1. The van der Waals surface area contributed by atoms with Crippen molar-refractivity contribution in [1.29, 1.82) is 0 Å². The van der Waals surface area contributed by atoms with Gasteiger partial charge in [-0.05, 0) is 181 Å². The number of nitrogens with one attached hydrogen (secondary N) is 10. The second-order valence-corrected chi connectivity index (χ2v) is 27.1. The van der Waals surface area contributed by atoms with Gasteiger partial charge in [-0.25, -0.2) is 33.3 Å². The molecule has 0 saturated heterocycles. The topological polar surface area (TPSA) is 398 Å². The van der Waals surface area contributed by atoms with E-state index in [1.807, 2.05) is 91.0 Å². The molecule has 0 saturated carbocycles. The number of anilines is 2. The number of hydrogen-bond acceptors (Lipinski definition) is 15. The van der Waals surface area contributed by atoms with E-state index in [1.165, 1.54) is 24.3 Å². The molecule has 9 aromatic carbocycles. The number of H-pyrrole nitrogens is 6. The number of ether oxygens (including phenoxy) is 2. The summed E-state index contributed by atoms with van der Waals surface area (Å²) in [4.78, 5) is 61.0. The first-order chi connectivity index (χ1) is 54.8. The van der Waals surface area contributed by atoms with Crippen molar-refractivity contribution in [3.8, 4) is 79.4 Å². The van der Waals surface area contributed by atoms with E-state index in [-0.39, 0.29) is 30.2 Å². The van der Waals surface area contributed by atoms with Crippen molar-refractivity contribution in [3.63, 3.8) is 0 Å². The molecule has 7 aromatic heterocycles. The second-order valence-electron chi connectivity index (χ2n) is 27.1. The highest BCUT2D eigenvalue weighted by atomic mass is 19.1. The zero-order chi connectivity index (χ0) is 79.1. The number of hydrogen-bond donors (Lipinski definition) is 12. The predicted octanol–water partition coefficient (Wildman–Crippen LogP) is 15.8. The van der Waals surface area contributed by atoms with Gasteiger partial charge in [-0.2, -0.15) is 30.6 Å². The number of pyridine rings is 1. The Balaban J connectivity index is 0.000000132. The standard InChI is InChI=1S/C23H21N5O3.C22H18FN5O2.C20H20FN5.C19H20N6O/c1-31-18-8-5-14(6-9-18)13-25-23(30)26-17-4-2-3-15(11-17)21-19-12-16(22(24)29)7-10-20(19)27-28-21;23-16-7-4-13(5-8-16)12-25-22(30)26-17-3-1-2-14(10-17)20-18-11-15(21(24)29)6-9-19(18)27-28-20;1-12(2)3-10-18-22-20(26-24-18)14-6-9-17-16(11-14)19(25-23-17)13-4-7-15(21)8-5-13;1-11(2)8-16-21-19(25-23-16)12-4-6-15-14(9-12)18(24-22-15)13-5-7-17(26-3)20-10-13/h2-12H,13H2,1H3,(H2,24,29)(H,27,28)(H2,25,26,30);1-11H,12H2,(H2,24,29)(H,27,28)(H2,25,26,30);4-9,11-12H,3,10H2,1-2H3,(H,23,25)(H,22,24,26);4-7,9-11H,8H2,1-3H3,(H,22,24)(H,21,23,25). The number of primary amides is 2. The third kappa shape index (κ3) is 19.2. The number of aromatic amines is 6. The molecule has 0 fully saturated rings. The number of fused-ring (bicyclic) bond motifs is 4. The normalized spacial score (nSPS) is 11.0. The minimum atomic E-state index is -0.516. The number of carbonyl (C=O) groups excluding carboxylic acids is 4. The molecule has 570 valence electrons. The van der Waals surface area contributed by atoms with E-state index in [0.717, 1.165) is 136 Å². The van der Waals surface area contributed by atoms with Crippen molar-refractivity contribution in [2.75, 3.05) is 24.9 Å². The molecule has 27 nitrogen and oxygen atoms in total. The molecule has 0 aliphatic rings. The lowest BCUT2D eigenvalue weighted by Crippen LogP contribution is -2.28. The molecule has 16 rings (SSSR count). The Morgan fingerprint density at radius 3 is 1.30 bits per heavy atom. The molecule has 16 aromatic rings. The van der Waals surface area contributed by atoms with Crippen LogP contribution in [-0.2, 0) is 25.9 Å². The summed E-state index contributed by atoms with van der Waals surface area (Å²) in [6.07, 6.45) is 4.60. The Kier molecular flexibility index (Phi) is 23.7. The van der Waals surface area contributed by atoms with Gasteiger partial charge in [-0.15, -0.1) is 0 Å². The molecule has 0 aliphatic heterocycles. The van der Waals surface area contributed by atoms with Crippen molar-refractivity contribution in [2.24, 2.45) is 23.3 Å². The quantitative estimate of drug-likeness (QED) is 0.0318. The third-order valence-corrected chi connectivity index (χ3v) is 18.1. The summed E-state index contributed by atoms with van der Waals surface area (Å²) in [6.45, 7) is 9.37. The van der Waals surface area contributed by atoms with E-state index < -0.39 is 11.8 Å². The van der Waals surface area contributed by atoms with Crippen LogP contribution in [0.15, 0.2) is 212 Å². The Bertz CT molecular complexity index is 6010. The third-order valence-electron chi connectivity index (χ3n) is 18.1. The number of methoxy groups -OCH3 is 2. The van der Waals surface area contributed by atoms with Crippen LogP contribution in [0.4, 0.5) is 29.7 Å². The highest BCUT2D eigenvalue weighted by Crippen LogP contribution is 2.34. The molecule has 0 bridgehead atoms. The van der Waals surface area contributed by atoms with E-state index in [9.17, 15) is 28.0 Å². The van der Waals surface area contributed by atoms with Gasteiger partial charge >= 0.3 is 12.1 Å². The number of halogens is 2. The van der Waals surface area contributed by atoms with Gasteiger partial charge in [0.1, 0.15) is 34.7 Å². The van der Waals surface area contributed by atoms with Gasteiger partial charge in [0.2, 0.25) is 17.7 Å². The van der Waals surface area contributed by atoms with Crippen LogP contribution in [0.25, 0.3) is 111 Å². The van der Waals surface area contributed by atoms with E-state index in [2.05, 4.69) is 131 Å². The number of aromatic nitrogens is 15. The van der Waals surface area contributed by atoms with Crippen molar-refractivity contribution < 1.29 is 37.4 Å². The van der Waals surface area contributed by atoms with Crippen molar-refractivity contribution in [3.05, 3.63) is 258 Å². The minimum Gasteiger partial charge on any atom is -0.497 e. The number of urea groups is 2. The molecule has 7 heterocycles. The monoisotopic (exact) mass is 1520 g/mol. The Labute approximate surface area is 645 Å². The van der Waals surface area contributed by atoms with Crippen LogP contribution in [0.1, 0.15) is 77.6 Å². The van der Waals surface area contributed by atoms with Gasteiger partial charge in [0.05, 0.1) is 53.4 Å². The largest absolute Gasteiger partial charge is 0.497 e. The first kappa shape index (κ1) is 76.4. The molecule has 6 amide bonds. The van der Waals surface area contributed by atoms with Crippen molar-refractivity contribution >= 4 is 78.9 Å². The van der Waals surface area contributed by atoms with Gasteiger partial charge in [0.15, 0.2) is 11.6 Å². The maximum absolute atomic E-state index is 13.2. The summed E-state index contributed by atoms with van der Waals surface area (Å²) in [7, 11) is 3.21. The van der Waals surface area contributed by atoms with Crippen LogP contribution in [0, 0.1) is 23.5 Å². The molecule has 14 N–H and O–H groups in total. The Morgan fingerprint density at radius 1 is 0.425 bits per heavy atom. The number of benzene rings is 9. The van der Waals surface area contributed by atoms with E-state index >= 15 is 0 Å². The van der Waals surface area contributed by atoms with Crippen LogP contribution < -0.4 is 42.2 Å². The minimum absolute atomic E-state index is 0.260. The maximum Gasteiger partial charge on any atom is 0.319 e. The number of rotatable bonds is 21. The molecular weight excluding hydrogens is 1440 g/mol. The van der Waals surface area contributed by atoms with Gasteiger partial charge in [-0.3, -0.25) is 40.2 Å². The number of nitrogens with zero attached hydrogens (tertiary/aromatic N) is 9.